The molecule has 0 saturated carbocycles. The highest BCUT2D eigenvalue weighted by Gasteiger charge is 2.17. The SMILES string of the molecule is C=C(/C=C\C(C)(C)CCC)c1ccc(C(C)(C)C)cc1CCCCCCCC. The summed E-state index contributed by atoms with van der Waals surface area (Å²) >= 11 is 0. The number of hydrogen-bond donors (Lipinski definition) is 0. The second-order valence-corrected chi connectivity index (χ2v) is 10.2. The lowest BCUT2D eigenvalue weighted by molar-refractivity contribution is 0.432. The van der Waals surface area contributed by atoms with Gasteiger partial charge in [0.05, 0.1) is 0 Å². The van der Waals surface area contributed by atoms with Crippen LogP contribution in [0.1, 0.15) is 117 Å². The van der Waals surface area contributed by atoms with Crippen LogP contribution in [0.2, 0.25) is 0 Å². The Morgan fingerprint density at radius 3 is 2.14 bits per heavy atom. The molecule has 0 nitrogen and oxygen atoms in total. The lowest BCUT2D eigenvalue weighted by Gasteiger charge is -2.22. The minimum atomic E-state index is 0.189. The molecule has 28 heavy (non-hydrogen) atoms. The molecule has 0 atom stereocenters. The van der Waals surface area contributed by atoms with Crippen molar-refractivity contribution in [3.63, 3.8) is 0 Å². The highest BCUT2D eigenvalue weighted by molar-refractivity contribution is 5.74. The van der Waals surface area contributed by atoms with Gasteiger partial charge in [0.15, 0.2) is 0 Å². The third-order valence-electron chi connectivity index (χ3n) is 5.75. The van der Waals surface area contributed by atoms with Gasteiger partial charge in [0.2, 0.25) is 0 Å². The Morgan fingerprint density at radius 1 is 0.893 bits per heavy atom. The van der Waals surface area contributed by atoms with Crippen LogP contribution < -0.4 is 0 Å². The molecular weight excluding hydrogens is 336 g/mol. The van der Waals surface area contributed by atoms with Gasteiger partial charge in [-0.3, -0.25) is 0 Å². The first kappa shape index (κ1) is 24.7. The molecule has 0 aliphatic carbocycles. The Balaban J connectivity index is 2.96. The summed E-state index contributed by atoms with van der Waals surface area (Å²) in [5.74, 6) is 0. The van der Waals surface area contributed by atoms with Gasteiger partial charge < -0.3 is 0 Å². The van der Waals surface area contributed by atoms with Gasteiger partial charge in [-0.2, -0.15) is 0 Å². The van der Waals surface area contributed by atoms with Crippen LogP contribution >= 0.6 is 0 Å². The van der Waals surface area contributed by atoms with Crippen molar-refractivity contribution < 1.29 is 0 Å². The Bertz CT molecular complexity index is 622. The number of allylic oxidation sites excluding steroid dienone is 3. The van der Waals surface area contributed by atoms with Gasteiger partial charge in [-0.25, -0.2) is 0 Å². The van der Waals surface area contributed by atoms with Crippen LogP contribution in [0.15, 0.2) is 36.9 Å². The third kappa shape index (κ3) is 8.80. The van der Waals surface area contributed by atoms with E-state index in [2.05, 4.69) is 85.4 Å². The summed E-state index contributed by atoms with van der Waals surface area (Å²) in [4.78, 5) is 0. The molecule has 0 saturated heterocycles. The van der Waals surface area contributed by atoms with Crippen molar-refractivity contribution in [3.8, 4) is 0 Å². The summed E-state index contributed by atoms with van der Waals surface area (Å²) in [6, 6.07) is 7.06. The molecule has 1 aromatic carbocycles. The van der Waals surface area contributed by atoms with Crippen molar-refractivity contribution in [1.82, 2.24) is 0 Å². The molecule has 0 fully saturated rings. The quantitative estimate of drug-likeness (QED) is 0.249. The van der Waals surface area contributed by atoms with Gasteiger partial charge in [-0.15, -0.1) is 0 Å². The van der Waals surface area contributed by atoms with Crippen molar-refractivity contribution in [2.24, 2.45) is 5.41 Å². The maximum absolute atomic E-state index is 4.42. The molecule has 0 N–H and O–H groups in total. The Labute approximate surface area is 176 Å². The van der Waals surface area contributed by atoms with E-state index < -0.39 is 0 Å². The molecule has 0 heterocycles. The summed E-state index contributed by atoms with van der Waals surface area (Å²) < 4.78 is 0. The normalized spacial score (nSPS) is 12.7. The zero-order valence-electron chi connectivity index (χ0n) is 20.0. The monoisotopic (exact) mass is 382 g/mol. The highest BCUT2D eigenvalue weighted by Crippen LogP contribution is 2.30. The minimum Gasteiger partial charge on any atom is -0.0912 e. The molecule has 1 aromatic rings. The molecule has 0 heteroatoms. The van der Waals surface area contributed by atoms with Gasteiger partial charge >= 0.3 is 0 Å². The summed E-state index contributed by atoms with van der Waals surface area (Å²) in [5, 5.41) is 0. The molecule has 0 aliphatic rings. The number of rotatable bonds is 12. The topological polar surface area (TPSA) is 0 Å². The van der Waals surface area contributed by atoms with E-state index in [9.17, 15) is 0 Å². The van der Waals surface area contributed by atoms with E-state index in [4.69, 9.17) is 0 Å². The molecule has 0 radical (unpaired) electrons. The van der Waals surface area contributed by atoms with Crippen LogP contribution in [-0.4, -0.2) is 0 Å². The van der Waals surface area contributed by atoms with Crippen LogP contribution in [0.3, 0.4) is 0 Å². The third-order valence-corrected chi connectivity index (χ3v) is 5.75. The first-order valence-electron chi connectivity index (χ1n) is 11.6. The first-order chi connectivity index (χ1) is 13.1. The zero-order chi connectivity index (χ0) is 21.2. The van der Waals surface area contributed by atoms with Crippen molar-refractivity contribution in [2.75, 3.05) is 0 Å². The van der Waals surface area contributed by atoms with Gasteiger partial charge in [0.1, 0.15) is 0 Å². The minimum absolute atomic E-state index is 0.189. The maximum atomic E-state index is 4.42. The Morgan fingerprint density at radius 2 is 1.54 bits per heavy atom. The lowest BCUT2D eigenvalue weighted by atomic mass is 9.83. The maximum Gasteiger partial charge on any atom is -0.0132 e. The van der Waals surface area contributed by atoms with E-state index in [1.54, 1.807) is 0 Å². The lowest BCUT2D eigenvalue weighted by Crippen LogP contribution is -2.12. The Hall–Kier alpha value is -1.30. The second-order valence-electron chi connectivity index (χ2n) is 10.2. The van der Waals surface area contributed by atoms with Crippen LogP contribution in [0.4, 0.5) is 0 Å². The average molecular weight is 383 g/mol. The van der Waals surface area contributed by atoms with Crippen LogP contribution in [0.25, 0.3) is 5.57 Å². The number of hydrogen-bond acceptors (Lipinski definition) is 0. The zero-order valence-corrected chi connectivity index (χ0v) is 20.0. The fourth-order valence-electron chi connectivity index (χ4n) is 3.82. The smallest absolute Gasteiger partial charge is 0.0132 e. The number of unbranched alkanes of at least 4 members (excludes halogenated alkanes) is 5. The van der Waals surface area contributed by atoms with Gasteiger partial charge in [-0.1, -0.05) is 124 Å². The van der Waals surface area contributed by atoms with Crippen molar-refractivity contribution in [2.45, 2.75) is 112 Å². The second kappa shape index (κ2) is 11.6. The van der Waals surface area contributed by atoms with E-state index in [0.717, 1.165) is 12.0 Å². The highest BCUT2D eigenvalue weighted by atomic mass is 14.2. The van der Waals surface area contributed by atoms with Crippen LogP contribution in [0, 0.1) is 5.41 Å². The molecular formula is C28H46. The van der Waals surface area contributed by atoms with E-state index in [1.165, 1.54) is 68.1 Å². The number of benzene rings is 1. The van der Waals surface area contributed by atoms with E-state index >= 15 is 0 Å². The van der Waals surface area contributed by atoms with Gasteiger partial charge in [0.25, 0.3) is 0 Å². The molecule has 0 spiro atoms. The van der Waals surface area contributed by atoms with Crippen LogP contribution in [0.5, 0.6) is 0 Å². The largest absolute Gasteiger partial charge is 0.0912 e. The van der Waals surface area contributed by atoms with Gasteiger partial charge in [0, 0.05) is 0 Å². The number of aryl methyl sites for hydroxylation is 1. The fraction of sp³-hybridized carbons (Fsp3) is 0.643. The average Bonchev–Trinajstić information content (AvgIpc) is 2.61. The molecule has 1 rings (SSSR count). The van der Waals surface area contributed by atoms with E-state index in [1.807, 2.05) is 0 Å². The van der Waals surface area contributed by atoms with Crippen LogP contribution in [-0.2, 0) is 11.8 Å². The Kier molecular flexibility index (Phi) is 10.3. The predicted molar refractivity (Wildman–Crippen MR) is 129 cm³/mol. The molecule has 0 amide bonds. The molecule has 0 bridgehead atoms. The van der Waals surface area contributed by atoms with Crippen molar-refractivity contribution in [1.29, 1.82) is 0 Å². The summed E-state index contributed by atoms with van der Waals surface area (Å²) in [6.07, 6.45) is 16.3. The molecule has 0 aliphatic heterocycles. The predicted octanol–water partition coefficient (Wildman–Crippen LogP) is 9.28. The van der Waals surface area contributed by atoms with Crippen molar-refractivity contribution >= 4 is 5.57 Å². The summed E-state index contributed by atoms with van der Waals surface area (Å²) in [5.41, 5.74) is 5.83. The molecule has 0 unspecified atom stereocenters. The molecule has 0 aromatic heterocycles. The summed E-state index contributed by atoms with van der Waals surface area (Å²) in [6.45, 7) is 20.5. The van der Waals surface area contributed by atoms with Gasteiger partial charge in [-0.05, 0) is 52.4 Å². The van der Waals surface area contributed by atoms with E-state index in [-0.39, 0.29) is 10.8 Å². The first-order valence-corrected chi connectivity index (χ1v) is 11.6. The molecule has 158 valence electrons. The van der Waals surface area contributed by atoms with Crippen molar-refractivity contribution in [3.05, 3.63) is 53.6 Å². The summed E-state index contributed by atoms with van der Waals surface area (Å²) in [7, 11) is 0. The standard InChI is InChI=1S/C28H46/c1-9-11-12-13-14-15-16-24-22-25(27(4,5)6)17-18-26(24)23(3)19-21-28(7,8)20-10-2/h17-19,21-22H,3,9-16,20H2,1-2,4-8H3/b21-19-. The fourth-order valence-corrected chi connectivity index (χ4v) is 3.82. The van der Waals surface area contributed by atoms with E-state index in [0.29, 0.717) is 0 Å².